The average Bonchev–Trinajstić information content (AvgIpc) is 3.47. The van der Waals surface area contributed by atoms with Crippen molar-refractivity contribution in [2.45, 2.75) is 50.5 Å². The minimum Gasteiger partial charge on any atom is -0.328 e. The maximum absolute atomic E-state index is 13.9. The molecule has 2 aromatic rings. The molecule has 0 radical (unpaired) electrons. The molecule has 2 aliphatic heterocycles. The second-order valence-corrected chi connectivity index (χ2v) is 9.59. The Morgan fingerprint density at radius 2 is 1.66 bits per heavy atom. The van der Waals surface area contributed by atoms with Crippen LogP contribution in [-0.4, -0.2) is 28.7 Å². The lowest BCUT2D eigenvalue weighted by molar-refractivity contribution is -0.174. The molecule has 150 valence electrons. The van der Waals surface area contributed by atoms with E-state index in [1.54, 1.807) is 0 Å². The van der Waals surface area contributed by atoms with Gasteiger partial charge in [0.25, 0.3) is 0 Å². The van der Waals surface area contributed by atoms with E-state index >= 15 is 0 Å². The largest absolute Gasteiger partial charge is 0.328 e. The SMILES string of the molecule is CC(C)C[C@@H]1C(=O)N2C[C@H](c3ccccc3)CC12C(=O)[C@@H]1C[C@H]1c1ccccc1. The molecule has 3 fully saturated rings. The highest BCUT2D eigenvalue weighted by Gasteiger charge is 2.70. The minimum atomic E-state index is -0.573. The third kappa shape index (κ3) is 2.86. The van der Waals surface area contributed by atoms with Crippen molar-refractivity contribution in [2.24, 2.45) is 17.8 Å². The van der Waals surface area contributed by atoms with E-state index in [1.165, 1.54) is 11.1 Å². The van der Waals surface area contributed by atoms with Crippen molar-refractivity contribution in [2.75, 3.05) is 6.54 Å². The Morgan fingerprint density at radius 1 is 1.03 bits per heavy atom. The fourth-order valence-electron chi connectivity index (χ4n) is 5.87. The van der Waals surface area contributed by atoms with Crippen molar-refractivity contribution in [3.63, 3.8) is 0 Å². The number of benzene rings is 2. The monoisotopic (exact) mass is 387 g/mol. The van der Waals surface area contributed by atoms with Crippen molar-refractivity contribution in [3.05, 3.63) is 71.8 Å². The molecule has 0 aromatic heterocycles. The van der Waals surface area contributed by atoms with Crippen LogP contribution in [0.1, 0.15) is 56.1 Å². The number of ketones is 1. The fraction of sp³-hybridized carbons (Fsp3) is 0.462. The third-order valence-electron chi connectivity index (χ3n) is 7.34. The highest BCUT2D eigenvalue weighted by Crippen LogP contribution is 2.59. The van der Waals surface area contributed by atoms with Crippen LogP contribution in [0.3, 0.4) is 0 Å². The maximum atomic E-state index is 13.9. The van der Waals surface area contributed by atoms with Crippen LogP contribution in [0.4, 0.5) is 0 Å². The second kappa shape index (κ2) is 6.83. The molecule has 2 aromatic carbocycles. The molecule has 1 aliphatic carbocycles. The number of carbonyl (C=O) groups excluding carboxylic acids is 2. The van der Waals surface area contributed by atoms with Gasteiger partial charge in [-0.2, -0.15) is 0 Å². The zero-order valence-corrected chi connectivity index (χ0v) is 17.3. The summed E-state index contributed by atoms with van der Waals surface area (Å²) in [5.41, 5.74) is 1.94. The van der Waals surface area contributed by atoms with Crippen LogP contribution in [0.25, 0.3) is 0 Å². The van der Waals surface area contributed by atoms with E-state index in [1.807, 2.05) is 17.0 Å². The Hall–Kier alpha value is -2.42. The maximum Gasteiger partial charge on any atom is 0.229 e. The first kappa shape index (κ1) is 18.6. The van der Waals surface area contributed by atoms with Crippen molar-refractivity contribution < 1.29 is 9.59 Å². The predicted octanol–water partition coefficient (Wildman–Crippen LogP) is 4.79. The van der Waals surface area contributed by atoms with Gasteiger partial charge in [0.1, 0.15) is 5.54 Å². The van der Waals surface area contributed by atoms with Crippen LogP contribution >= 0.6 is 0 Å². The van der Waals surface area contributed by atoms with Gasteiger partial charge in [-0.05, 0) is 42.2 Å². The smallest absolute Gasteiger partial charge is 0.229 e. The minimum absolute atomic E-state index is 0.0668. The molecule has 0 bridgehead atoms. The Kier molecular flexibility index (Phi) is 4.38. The molecule has 0 spiro atoms. The van der Waals surface area contributed by atoms with Gasteiger partial charge in [-0.3, -0.25) is 9.59 Å². The van der Waals surface area contributed by atoms with Crippen LogP contribution in [0.2, 0.25) is 0 Å². The molecule has 1 amide bonds. The highest BCUT2D eigenvalue weighted by atomic mass is 16.2. The van der Waals surface area contributed by atoms with Gasteiger partial charge in [-0.25, -0.2) is 0 Å². The number of amides is 1. The highest BCUT2D eigenvalue weighted by molar-refractivity contribution is 6.07. The molecule has 3 nitrogen and oxygen atoms in total. The van der Waals surface area contributed by atoms with E-state index in [0.29, 0.717) is 24.2 Å². The molecule has 3 heteroatoms. The summed E-state index contributed by atoms with van der Waals surface area (Å²) in [6, 6.07) is 20.8. The van der Waals surface area contributed by atoms with Crippen LogP contribution in [0, 0.1) is 17.8 Å². The van der Waals surface area contributed by atoms with Gasteiger partial charge >= 0.3 is 0 Å². The summed E-state index contributed by atoms with van der Waals surface area (Å²) in [4.78, 5) is 28.9. The zero-order valence-electron chi connectivity index (χ0n) is 17.3. The fourth-order valence-corrected chi connectivity index (χ4v) is 5.87. The van der Waals surface area contributed by atoms with Crippen molar-refractivity contribution in [1.29, 1.82) is 0 Å². The number of hydrogen-bond acceptors (Lipinski definition) is 2. The first-order valence-electron chi connectivity index (χ1n) is 11.0. The van der Waals surface area contributed by atoms with Gasteiger partial charge in [0.2, 0.25) is 5.91 Å². The molecule has 0 N–H and O–H groups in total. The summed E-state index contributed by atoms with van der Waals surface area (Å²) in [6.07, 6.45) is 2.53. The molecule has 1 saturated carbocycles. The molecule has 5 atom stereocenters. The Bertz CT molecular complexity index is 922. The van der Waals surface area contributed by atoms with Gasteiger partial charge in [0, 0.05) is 18.4 Å². The summed E-state index contributed by atoms with van der Waals surface area (Å²) in [5.74, 6) is 1.45. The quantitative estimate of drug-likeness (QED) is 0.668. The van der Waals surface area contributed by atoms with Gasteiger partial charge in [-0.15, -0.1) is 0 Å². The van der Waals surface area contributed by atoms with E-state index in [0.717, 1.165) is 19.3 Å². The summed E-state index contributed by atoms with van der Waals surface area (Å²) >= 11 is 0. The topological polar surface area (TPSA) is 37.4 Å². The predicted molar refractivity (Wildman–Crippen MR) is 113 cm³/mol. The van der Waals surface area contributed by atoms with E-state index in [2.05, 4.69) is 62.4 Å². The van der Waals surface area contributed by atoms with Crippen LogP contribution in [-0.2, 0) is 9.59 Å². The van der Waals surface area contributed by atoms with E-state index in [4.69, 9.17) is 0 Å². The average molecular weight is 388 g/mol. The van der Waals surface area contributed by atoms with Crippen molar-refractivity contribution in [1.82, 2.24) is 4.90 Å². The Labute approximate surface area is 173 Å². The second-order valence-electron chi connectivity index (χ2n) is 9.59. The van der Waals surface area contributed by atoms with Crippen molar-refractivity contribution in [3.8, 4) is 0 Å². The standard InChI is InChI=1S/C26H29NO2/c1-17(2)13-23-25(29)27-16-20(18-9-5-3-6-10-18)15-26(23,27)24(28)22-14-21(22)19-11-7-4-8-12-19/h3-12,17,20-23H,13-16H2,1-2H3/t20-,21+,22-,23-,26?/m1/s1. The Balaban J connectivity index is 1.45. The van der Waals surface area contributed by atoms with Crippen LogP contribution in [0.5, 0.6) is 0 Å². The van der Waals surface area contributed by atoms with Gasteiger partial charge < -0.3 is 4.90 Å². The normalized spacial score (nSPS) is 32.8. The lowest BCUT2D eigenvalue weighted by Crippen LogP contribution is -2.72. The lowest BCUT2D eigenvalue weighted by Gasteiger charge is -2.53. The summed E-state index contributed by atoms with van der Waals surface area (Å²) < 4.78 is 0. The number of β-lactam (4-membered cyclic amide) rings is 1. The third-order valence-corrected chi connectivity index (χ3v) is 7.34. The molecule has 2 saturated heterocycles. The summed E-state index contributed by atoms with van der Waals surface area (Å²) in [7, 11) is 0. The summed E-state index contributed by atoms with van der Waals surface area (Å²) in [6.45, 7) is 5.00. The zero-order chi connectivity index (χ0) is 20.2. The van der Waals surface area contributed by atoms with E-state index in [9.17, 15) is 9.59 Å². The molecule has 1 unspecified atom stereocenters. The first-order chi connectivity index (χ1) is 14.0. The number of fused-ring (bicyclic) bond motifs is 1. The first-order valence-corrected chi connectivity index (χ1v) is 11.0. The molecule has 2 heterocycles. The number of Topliss-reactive ketones (excluding diaryl/α,β-unsaturated/α-hetero) is 1. The van der Waals surface area contributed by atoms with Gasteiger partial charge in [-0.1, -0.05) is 74.5 Å². The molecule has 29 heavy (non-hydrogen) atoms. The molecular weight excluding hydrogens is 358 g/mol. The number of rotatable bonds is 6. The number of hydrogen-bond donors (Lipinski definition) is 0. The summed E-state index contributed by atoms with van der Waals surface area (Å²) in [5, 5.41) is 0. The van der Waals surface area contributed by atoms with Gasteiger partial charge in [0.05, 0.1) is 5.92 Å². The van der Waals surface area contributed by atoms with Crippen LogP contribution < -0.4 is 0 Å². The lowest BCUT2D eigenvalue weighted by atomic mass is 9.65. The van der Waals surface area contributed by atoms with Gasteiger partial charge in [0.15, 0.2) is 5.78 Å². The molecular formula is C26H29NO2. The molecule has 5 rings (SSSR count). The van der Waals surface area contributed by atoms with Crippen LogP contribution in [0.15, 0.2) is 60.7 Å². The Morgan fingerprint density at radius 3 is 2.28 bits per heavy atom. The van der Waals surface area contributed by atoms with E-state index in [-0.39, 0.29) is 23.7 Å². The van der Waals surface area contributed by atoms with E-state index < -0.39 is 5.54 Å². The number of carbonyl (C=O) groups is 2. The number of nitrogens with zero attached hydrogens (tertiary/aromatic N) is 1. The van der Waals surface area contributed by atoms with Crippen molar-refractivity contribution >= 4 is 11.7 Å². The molecule has 3 aliphatic rings.